The fourth-order valence-electron chi connectivity index (χ4n) is 3.63. The molecule has 4 heteroatoms. The van der Waals surface area contributed by atoms with E-state index in [0.29, 0.717) is 0 Å². The molecule has 1 atom stereocenters. The summed E-state index contributed by atoms with van der Waals surface area (Å²) < 4.78 is 5.37. The van der Waals surface area contributed by atoms with Crippen LogP contribution in [0.1, 0.15) is 53.1 Å². The van der Waals surface area contributed by atoms with Gasteiger partial charge in [-0.05, 0) is 61.1 Å². The van der Waals surface area contributed by atoms with Crippen LogP contribution in [0.4, 0.5) is 0 Å². The number of nitrogens with zero attached hydrogens (tertiary/aromatic N) is 1. The Morgan fingerprint density at radius 3 is 2.46 bits per heavy atom. The number of halogens is 1. The van der Waals surface area contributed by atoms with Gasteiger partial charge in [0.25, 0.3) is 5.91 Å². The first kappa shape index (κ1) is 19.0. The Labute approximate surface area is 164 Å². The zero-order chi connectivity index (χ0) is 18.4. The SMILES string of the molecule is COc1cccc(C(CCBr)c2ccc(C(=O)N3CCCCC3)cc2)c1. The van der Waals surface area contributed by atoms with Crippen molar-refractivity contribution in [1.82, 2.24) is 4.90 Å². The molecule has 1 heterocycles. The molecule has 1 unspecified atom stereocenters. The summed E-state index contributed by atoms with van der Waals surface area (Å²) in [5.41, 5.74) is 3.26. The first-order chi connectivity index (χ1) is 12.7. The molecule has 0 N–H and O–H groups in total. The van der Waals surface area contributed by atoms with Crippen LogP contribution in [0.5, 0.6) is 5.75 Å². The van der Waals surface area contributed by atoms with Gasteiger partial charge in [0, 0.05) is 29.9 Å². The Balaban J connectivity index is 1.80. The Hall–Kier alpha value is -1.81. The van der Waals surface area contributed by atoms with Crippen molar-refractivity contribution in [2.45, 2.75) is 31.6 Å². The van der Waals surface area contributed by atoms with Gasteiger partial charge in [-0.2, -0.15) is 0 Å². The predicted molar refractivity (Wildman–Crippen MR) is 109 cm³/mol. The number of carbonyl (C=O) groups excluding carboxylic acids is 1. The smallest absolute Gasteiger partial charge is 0.253 e. The van der Waals surface area contributed by atoms with E-state index in [2.05, 4.69) is 40.2 Å². The van der Waals surface area contributed by atoms with Crippen LogP contribution in [-0.4, -0.2) is 36.3 Å². The molecule has 1 aliphatic heterocycles. The number of alkyl halides is 1. The molecule has 26 heavy (non-hydrogen) atoms. The highest BCUT2D eigenvalue weighted by Crippen LogP contribution is 2.31. The molecule has 1 aliphatic rings. The van der Waals surface area contributed by atoms with Crippen molar-refractivity contribution < 1.29 is 9.53 Å². The minimum Gasteiger partial charge on any atom is -0.497 e. The number of piperidine rings is 1. The summed E-state index contributed by atoms with van der Waals surface area (Å²) in [6.07, 6.45) is 4.46. The van der Waals surface area contributed by atoms with E-state index in [1.54, 1.807) is 7.11 Å². The minimum absolute atomic E-state index is 0.162. The third kappa shape index (κ3) is 4.47. The molecule has 3 rings (SSSR count). The highest BCUT2D eigenvalue weighted by molar-refractivity contribution is 9.09. The van der Waals surface area contributed by atoms with Crippen molar-refractivity contribution >= 4 is 21.8 Å². The first-order valence-corrected chi connectivity index (χ1v) is 10.4. The van der Waals surface area contributed by atoms with Crippen LogP contribution in [0.15, 0.2) is 48.5 Å². The number of methoxy groups -OCH3 is 1. The van der Waals surface area contributed by atoms with E-state index in [0.717, 1.165) is 49.0 Å². The van der Waals surface area contributed by atoms with Gasteiger partial charge in [-0.3, -0.25) is 4.79 Å². The molecule has 0 radical (unpaired) electrons. The van der Waals surface area contributed by atoms with Crippen molar-refractivity contribution in [3.05, 3.63) is 65.2 Å². The van der Waals surface area contributed by atoms with E-state index in [4.69, 9.17) is 4.74 Å². The third-order valence-electron chi connectivity index (χ3n) is 5.10. The zero-order valence-corrected chi connectivity index (χ0v) is 16.9. The Morgan fingerprint density at radius 1 is 1.08 bits per heavy atom. The third-order valence-corrected chi connectivity index (χ3v) is 5.56. The molecule has 0 spiro atoms. The second-order valence-corrected chi connectivity index (χ2v) is 7.57. The van der Waals surface area contributed by atoms with Crippen molar-refractivity contribution in [2.75, 3.05) is 25.5 Å². The quantitative estimate of drug-likeness (QED) is 0.603. The summed E-state index contributed by atoms with van der Waals surface area (Å²) in [6, 6.07) is 16.4. The molecule has 0 bridgehead atoms. The number of hydrogen-bond donors (Lipinski definition) is 0. The van der Waals surface area contributed by atoms with Crippen LogP contribution in [0.3, 0.4) is 0 Å². The van der Waals surface area contributed by atoms with Gasteiger partial charge in [-0.25, -0.2) is 0 Å². The van der Waals surface area contributed by atoms with Crippen molar-refractivity contribution in [3.63, 3.8) is 0 Å². The van der Waals surface area contributed by atoms with Gasteiger partial charge >= 0.3 is 0 Å². The van der Waals surface area contributed by atoms with Crippen molar-refractivity contribution in [2.24, 2.45) is 0 Å². The second-order valence-electron chi connectivity index (χ2n) is 6.78. The van der Waals surface area contributed by atoms with Crippen LogP contribution in [-0.2, 0) is 0 Å². The fraction of sp³-hybridized carbons (Fsp3) is 0.409. The van der Waals surface area contributed by atoms with Crippen LogP contribution in [0.2, 0.25) is 0 Å². The average molecular weight is 416 g/mol. The molecule has 1 saturated heterocycles. The maximum Gasteiger partial charge on any atom is 0.253 e. The van der Waals surface area contributed by atoms with E-state index in [-0.39, 0.29) is 11.8 Å². The second kappa shape index (κ2) is 9.22. The largest absolute Gasteiger partial charge is 0.497 e. The summed E-state index contributed by atoms with van der Waals surface area (Å²) in [5.74, 6) is 1.32. The molecular weight excluding hydrogens is 390 g/mol. The molecule has 0 saturated carbocycles. The summed E-state index contributed by atoms with van der Waals surface area (Å²) >= 11 is 3.58. The van der Waals surface area contributed by atoms with Crippen LogP contribution in [0, 0.1) is 0 Å². The molecule has 0 aromatic heterocycles. The van der Waals surface area contributed by atoms with Gasteiger partial charge in [0.2, 0.25) is 0 Å². The number of benzene rings is 2. The van der Waals surface area contributed by atoms with E-state index >= 15 is 0 Å². The first-order valence-electron chi connectivity index (χ1n) is 9.32. The molecule has 138 valence electrons. The van der Waals surface area contributed by atoms with Gasteiger partial charge in [-0.1, -0.05) is 40.2 Å². The number of amides is 1. The molecule has 3 nitrogen and oxygen atoms in total. The number of rotatable bonds is 6. The highest BCUT2D eigenvalue weighted by Gasteiger charge is 2.19. The lowest BCUT2D eigenvalue weighted by molar-refractivity contribution is 0.0724. The number of hydrogen-bond acceptors (Lipinski definition) is 2. The maximum absolute atomic E-state index is 12.7. The van der Waals surface area contributed by atoms with E-state index < -0.39 is 0 Å². The lowest BCUT2D eigenvalue weighted by Gasteiger charge is -2.27. The van der Waals surface area contributed by atoms with Gasteiger partial charge in [0.15, 0.2) is 0 Å². The van der Waals surface area contributed by atoms with Gasteiger partial charge in [0.1, 0.15) is 5.75 Å². The summed E-state index contributed by atoms with van der Waals surface area (Å²) in [4.78, 5) is 14.6. The number of likely N-dealkylation sites (tertiary alicyclic amines) is 1. The van der Waals surface area contributed by atoms with Crippen LogP contribution >= 0.6 is 15.9 Å². The van der Waals surface area contributed by atoms with Crippen LogP contribution < -0.4 is 4.74 Å². The van der Waals surface area contributed by atoms with Gasteiger partial charge in [-0.15, -0.1) is 0 Å². The Kier molecular flexibility index (Phi) is 6.73. The fourth-order valence-corrected chi connectivity index (χ4v) is 4.09. The predicted octanol–water partition coefficient (Wildman–Crippen LogP) is 5.24. The molecule has 0 aliphatic carbocycles. The van der Waals surface area contributed by atoms with E-state index in [1.165, 1.54) is 17.5 Å². The van der Waals surface area contributed by atoms with Crippen LogP contribution in [0.25, 0.3) is 0 Å². The highest BCUT2D eigenvalue weighted by atomic mass is 79.9. The summed E-state index contributed by atoms with van der Waals surface area (Å²) in [6.45, 7) is 1.77. The molecule has 1 amide bonds. The summed E-state index contributed by atoms with van der Waals surface area (Å²) in [5, 5.41) is 0.920. The molecule has 1 fully saturated rings. The lowest BCUT2D eigenvalue weighted by atomic mass is 9.88. The van der Waals surface area contributed by atoms with Gasteiger partial charge in [0.05, 0.1) is 7.11 Å². The molecular formula is C22H26BrNO2. The van der Waals surface area contributed by atoms with E-state index in [1.807, 2.05) is 29.2 Å². The number of ether oxygens (including phenoxy) is 1. The summed E-state index contributed by atoms with van der Waals surface area (Å²) in [7, 11) is 1.69. The maximum atomic E-state index is 12.7. The molecule has 2 aromatic carbocycles. The van der Waals surface area contributed by atoms with Crippen molar-refractivity contribution in [3.8, 4) is 5.75 Å². The number of carbonyl (C=O) groups is 1. The normalized spacial score (nSPS) is 15.5. The monoisotopic (exact) mass is 415 g/mol. The topological polar surface area (TPSA) is 29.5 Å². The molecule has 2 aromatic rings. The van der Waals surface area contributed by atoms with E-state index in [9.17, 15) is 4.79 Å². The lowest BCUT2D eigenvalue weighted by Crippen LogP contribution is -2.35. The Morgan fingerprint density at radius 2 is 1.81 bits per heavy atom. The van der Waals surface area contributed by atoms with Gasteiger partial charge < -0.3 is 9.64 Å². The Bertz CT molecular complexity index is 723. The van der Waals surface area contributed by atoms with Crippen molar-refractivity contribution in [1.29, 1.82) is 0 Å². The zero-order valence-electron chi connectivity index (χ0n) is 15.3. The standard InChI is InChI=1S/C22H26BrNO2/c1-26-20-7-5-6-19(16-20)21(12-13-23)17-8-10-18(11-9-17)22(25)24-14-3-2-4-15-24/h5-11,16,21H,2-4,12-15H2,1H3. The minimum atomic E-state index is 0.162. The average Bonchev–Trinajstić information content (AvgIpc) is 2.72.